The smallest absolute Gasteiger partial charge is 0.0704 e. The highest BCUT2D eigenvalue weighted by Gasteiger charge is 2.65. The van der Waals surface area contributed by atoms with Gasteiger partial charge >= 0.3 is 0 Å². The maximum absolute atomic E-state index is 11.5. The SMILES string of the molecule is C[C@]12CC[C@H](O)CC1C(O)C[C@@H]1[C@@H]2CC[C@@]2(C)[C@H]1CC[C@@]2(O)CCCO. The van der Waals surface area contributed by atoms with Crippen LogP contribution in [0.1, 0.15) is 78.1 Å². The van der Waals surface area contributed by atoms with Gasteiger partial charge in [-0.1, -0.05) is 13.8 Å². The first-order chi connectivity index (χ1) is 12.2. The molecule has 4 fully saturated rings. The molecular formula is C22H38O4. The van der Waals surface area contributed by atoms with Crippen LogP contribution in [-0.2, 0) is 0 Å². The van der Waals surface area contributed by atoms with Gasteiger partial charge < -0.3 is 20.4 Å². The molecule has 26 heavy (non-hydrogen) atoms. The lowest BCUT2D eigenvalue weighted by molar-refractivity contribution is -0.189. The van der Waals surface area contributed by atoms with Crippen molar-refractivity contribution >= 4 is 0 Å². The lowest BCUT2D eigenvalue weighted by Gasteiger charge is -2.62. The van der Waals surface area contributed by atoms with E-state index in [2.05, 4.69) is 13.8 Å². The van der Waals surface area contributed by atoms with Crippen molar-refractivity contribution in [1.29, 1.82) is 0 Å². The maximum Gasteiger partial charge on any atom is 0.0704 e. The minimum absolute atomic E-state index is 0.0829. The fraction of sp³-hybridized carbons (Fsp3) is 1.00. The van der Waals surface area contributed by atoms with Crippen LogP contribution in [0.15, 0.2) is 0 Å². The Balaban J connectivity index is 1.62. The molecule has 0 heterocycles. The van der Waals surface area contributed by atoms with Crippen molar-refractivity contribution in [2.75, 3.05) is 6.61 Å². The van der Waals surface area contributed by atoms with Crippen molar-refractivity contribution in [2.24, 2.45) is 34.5 Å². The average Bonchev–Trinajstić information content (AvgIpc) is 2.87. The van der Waals surface area contributed by atoms with E-state index in [1.54, 1.807) is 0 Å². The van der Waals surface area contributed by atoms with E-state index in [0.29, 0.717) is 30.6 Å². The molecule has 150 valence electrons. The van der Waals surface area contributed by atoms with Crippen molar-refractivity contribution in [3.8, 4) is 0 Å². The van der Waals surface area contributed by atoms with E-state index in [1.165, 1.54) is 0 Å². The van der Waals surface area contributed by atoms with Gasteiger partial charge in [-0.15, -0.1) is 0 Å². The molecular weight excluding hydrogens is 328 g/mol. The van der Waals surface area contributed by atoms with Gasteiger partial charge in [-0.3, -0.25) is 0 Å². The van der Waals surface area contributed by atoms with E-state index in [4.69, 9.17) is 0 Å². The second-order valence-electron chi connectivity index (χ2n) is 10.6. The number of aliphatic hydroxyl groups is 4. The van der Waals surface area contributed by atoms with Gasteiger partial charge in [0.2, 0.25) is 0 Å². The summed E-state index contributed by atoms with van der Waals surface area (Å²) in [6, 6.07) is 0. The summed E-state index contributed by atoms with van der Waals surface area (Å²) in [6.07, 6.45) is 8.37. The Morgan fingerprint density at radius 2 is 1.62 bits per heavy atom. The van der Waals surface area contributed by atoms with Gasteiger partial charge in [0.15, 0.2) is 0 Å². The monoisotopic (exact) mass is 366 g/mol. The second kappa shape index (κ2) is 6.43. The van der Waals surface area contributed by atoms with Crippen LogP contribution in [0, 0.1) is 34.5 Å². The van der Waals surface area contributed by atoms with Crippen LogP contribution >= 0.6 is 0 Å². The van der Waals surface area contributed by atoms with Crippen molar-refractivity contribution in [3.05, 3.63) is 0 Å². The number of hydrogen-bond acceptors (Lipinski definition) is 4. The number of rotatable bonds is 3. The summed E-state index contributed by atoms with van der Waals surface area (Å²) in [6.45, 7) is 4.80. The molecule has 0 spiro atoms. The van der Waals surface area contributed by atoms with Gasteiger partial charge in [-0.25, -0.2) is 0 Å². The summed E-state index contributed by atoms with van der Waals surface area (Å²) < 4.78 is 0. The Kier molecular flexibility index (Phi) is 4.74. The van der Waals surface area contributed by atoms with E-state index in [-0.39, 0.29) is 35.6 Å². The molecule has 0 bridgehead atoms. The van der Waals surface area contributed by atoms with Crippen LogP contribution in [0.25, 0.3) is 0 Å². The van der Waals surface area contributed by atoms with Crippen LogP contribution < -0.4 is 0 Å². The second-order valence-corrected chi connectivity index (χ2v) is 10.6. The quantitative estimate of drug-likeness (QED) is 0.619. The standard InChI is InChI=1S/C22H38O4/c1-20-8-4-14(24)12-18(20)19(25)13-15-16(20)5-9-21(2)17(15)6-10-22(21,26)7-3-11-23/h14-19,23-26H,3-13H2,1-2H3/t14-,15+,16-,17-,18?,19?,20+,21-,22-/m0/s1. The van der Waals surface area contributed by atoms with Crippen LogP contribution in [-0.4, -0.2) is 44.8 Å². The molecule has 4 saturated carbocycles. The van der Waals surface area contributed by atoms with E-state index < -0.39 is 5.60 Å². The van der Waals surface area contributed by atoms with Crippen molar-refractivity contribution in [2.45, 2.75) is 95.9 Å². The molecule has 4 aliphatic carbocycles. The normalized spacial score (nSPS) is 56.5. The maximum atomic E-state index is 11.5. The molecule has 4 heteroatoms. The van der Waals surface area contributed by atoms with Crippen LogP contribution in [0.5, 0.6) is 0 Å². The van der Waals surface area contributed by atoms with Gasteiger partial charge in [0.25, 0.3) is 0 Å². The molecule has 4 nitrogen and oxygen atoms in total. The topological polar surface area (TPSA) is 80.9 Å². The van der Waals surface area contributed by atoms with Crippen LogP contribution in [0.4, 0.5) is 0 Å². The minimum atomic E-state index is -0.656. The Morgan fingerprint density at radius 1 is 0.885 bits per heavy atom. The zero-order valence-corrected chi connectivity index (χ0v) is 16.5. The van der Waals surface area contributed by atoms with Crippen molar-refractivity contribution in [1.82, 2.24) is 0 Å². The number of hydrogen-bond donors (Lipinski definition) is 4. The van der Waals surface area contributed by atoms with Gasteiger partial charge in [0.05, 0.1) is 17.8 Å². The third-order valence-corrected chi connectivity index (χ3v) is 9.72. The van der Waals surface area contributed by atoms with Gasteiger partial charge in [0, 0.05) is 6.61 Å². The van der Waals surface area contributed by atoms with Gasteiger partial charge in [-0.2, -0.15) is 0 Å². The number of aliphatic hydroxyl groups excluding tert-OH is 3. The zero-order chi connectivity index (χ0) is 18.7. The first-order valence-electron chi connectivity index (χ1n) is 10.9. The van der Waals surface area contributed by atoms with E-state index in [0.717, 1.165) is 51.4 Å². The summed E-state index contributed by atoms with van der Waals surface area (Å²) in [5.41, 5.74) is -0.605. The number of fused-ring (bicyclic) bond motifs is 5. The Hall–Kier alpha value is -0.160. The summed E-state index contributed by atoms with van der Waals surface area (Å²) in [5, 5.41) is 41.9. The van der Waals surface area contributed by atoms with E-state index in [1.807, 2.05) is 0 Å². The van der Waals surface area contributed by atoms with E-state index >= 15 is 0 Å². The molecule has 9 atom stereocenters. The molecule has 4 N–H and O–H groups in total. The molecule has 0 aliphatic heterocycles. The van der Waals surface area contributed by atoms with Gasteiger partial charge in [0.1, 0.15) is 0 Å². The molecule has 0 aromatic rings. The fourth-order valence-electron chi connectivity index (χ4n) is 8.17. The average molecular weight is 367 g/mol. The molecule has 0 aromatic carbocycles. The minimum Gasteiger partial charge on any atom is -0.396 e. The molecule has 0 radical (unpaired) electrons. The summed E-state index contributed by atoms with van der Waals surface area (Å²) in [5.74, 6) is 1.81. The summed E-state index contributed by atoms with van der Waals surface area (Å²) in [4.78, 5) is 0. The predicted octanol–water partition coefficient (Wildman–Crippen LogP) is 2.86. The first-order valence-corrected chi connectivity index (χ1v) is 10.9. The Bertz CT molecular complexity index is 538. The Morgan fingerprint density at radius 3 is 2.35 bits per heavy atom. The molecule has 4 rings (SSSR count). The third-order valence-electron chi connectivity index (χ3n) is 9.72. The zero-order valence-electron chi connectivity index (χ0n) is 16.5. The molecule has 0 aromatic heterocycles. The first kappa shape index (κ1) is 19.2. The third kappa shape index (κ3) is 2.55. The lowest BCUT2D eigenvalue weighted by atomic mass is 9.43. The lowest BCUT2D eigenvalue weighted by Crippen LogP contribution is -2.60. The molecule has 0 amide bonds. The highest BCUT2D eigenvalue weighted by Crippen LogP contribution is 2.68. The molecule has 0 saturated heterocycles. The highest BCUT2D eigenvalue weighted by molar-refractivity contribution is 5.15. The van der Waals surface area contributed by atoms with Crippen LogP contribution in [0.3, 0.4) is 0 Å². The summed E-state index contributed by atoms with van der Waals surface area (Å²) >= 11 is 0. The predicted molar refractivity (Wildman–Crippen MR) is 100 cm³/mol. The fourth-order valence-corrected chi connectivity index (χ4v) is 8.17. The van der Waals surface area contributed by atoms with Crippen LogP contribution in [0.2, 0.25) is 0 Å². The Labute approximate surface area is 158 Å². The largest absolute Gasteiger partial charge is 0.396 e. The highest BCUT2D eigenvalue weighted by atomic mass is 16.3. The summed E-state index contributed by atoms with van der Waals surface area (Å²) in [7, 11) is 0. The molecule has 2 unspecified atom stereocenters. The molecule has 4 aliphatic rings. The van der Waals surface area contributed by atoms with E-state index in [9.17, 15) is 20.4 Å². The van der Waals surface area contributed by atoms with Crippen molar-refractivity contribution in [3.63, 3.8) is 0 Å². The van der Waals surface area contributed by atoms with Crippen molar-refractivity contribution < 1.29 is 20.4 Å². The van der Waals surface area contributed by atoms with Gasteiger partial charge in [-0.05, 0) is 98.7 Å².